The highest BCUT2D eigenvalue weighted by atomic mass is 19.4. The van der Waals surface area contributed by atoms with E-state index in [4.69, 9.17) is 5.11 Å². The van der Waals surface area contributed by atoms with E-state index in [1.807, 2.05) is 6.92 Å². The summed E-state index contributed by atoms with van der Waals surface area (Å²) in [5.41, 5.74) is -0.289. The maximum atomic E-state index is 13.0. The molecule has 1 aliphatic carbocycles. The molecule has 0 heterocycles. The van der Waals surface area contributed by atoms with E-state index >= 15 is 0 Å². The lowest BCUT2D eigenvalue weighted by molar-refractivity contribution is -0.143. The summed E-state index contributed by atoms with van der Waals surface area (Å²) < 4.78 is 39.0. The summed E-state index contributed by atoms with van der Waals surface area (Å²) in [7, 11) is 0. The van der Waals surface area contributed by atoms with E-state index in [9.17, 15) is 18.0 Å². The first-order chi connectivity index (χ1) is 10.8. The third-order valence-electron chi connectivity index (χ3n) is 4.45. The second-order valence-corrected chi connectivity index (χ2v) is 6.31. The van der Waals surface area contributed by atoms with Crippen LogP contribution < -0.4 is 5.32 Å². The Labute approximate surface area is 133 Å². The molecule has 0 amide bonds. The minimum absolute atomic E-state index is 0.0927. The average molecular weight is 329 g/mol. The predicted molar refractivity (Wildman–Crippen MR) is 81.1 cm³/mol. The molecule has 1 unspecified atom stereocenters. The lowest BCUT2D eigenvalue weighted by atomic mass is 9.85. The Bertz CT molecular complexity index is 537. The number of rotatable bonds is 5. The van der Waals surface area contributed by atoms with Crippen molar-refractivity contribution in [2.45, 2.75) is 57.3 Å². The van der Waals surface area contributed by atoms with Crippen LogP contribution in [0.1, 0.15) is 43.7 Å². The Hall–Kier alpha value is -1.56. The first-order valence-electron chi connectivity index (χ1n) is 7.91. The normalized spacial score (nSPS) is 23.5. The van der Waals surface area contributed by atoms with Gasteiger partial charge in [-0.3, -0.25) is 4.79 Å². The molecule has 1 aromatic carbocycles. The zero-order chi connectivity index (χ0) is 17.0. The van der Waals surface area contributed by atoms with Gasteiger partial charge in [-0.25, -0.2) is 0 Å². The van der Waals surface area contributed by atoms with E-state index in [1.54, 1.807) is 6.07 Å². The number of aliphatic carboxylic acids is 1. The van der Waals surface area contributed by atoms with Crippen LogP contribution in [0.15, 0.2) is 24.3 Å². The minimum Gasteiger partial charge on any atom is -0.481 e. The van der Waals surface area contributed by atoms with Crippen molar-refractivity contribution < 1.29 is 23.1 Å². The fourth-order valence-electron chi connectivity index (χ4n) is 3.27. The van der Waals surface area contributed by atoms with Crippen LogP contribution in [-0.4, -0.2) is 23.2 Å². The molecule has 2 N–H and O–H groups in total. The molecule has 128 valence electrons. The molecule has 0 radical (unpaired) electrons. The molecule has 0 bridgehead atoms. The van der Waals surface area contributed by atoms with Gasteiger partial charge in [0.1, 0.15) is 0 Å². The summed E-state index contributed by atoms with van der Waals surface area (Å²) in [6.07, 6.45) is -1.29. The molecular formula is C17H22F3NO2. The second-order valence-electron chi connectivity index (χ2n) is 6.31. The standard InChI is InChI=1S/C17H22F3NO2/c1-11(21-14-8-6-12(7-9-14)16(22)23)10-13-4-2-3-5-15(13)17(18,19)20/h2-5,11-12,14,21H,6-10H2,1H3,(H,22,23). The van der Waals surface area contributed by atoms with E-state index in [-0.39, 0.29) is 18.0 Å². The van der Waals surface area contributed by atoms with Crippen LogP contribution in [0.4, 0.5) is 13.2 Å². The monoisotopic (exact) mass is 329 g/mol. The van der Waals surface area contributed by atoms with Crippen LogP contribution in [0, 0.1) is 5.92 Å². The summed E-state index contributed by atoms with van der Waals surface area (Å²) >= 11 is 0. The smallest absolute Gasteiger partial charge is 0.416 e. The maximum absolute atomic E-state index is 13.0. The van der Waals surface area contributed by atoms with Gasteiger partial charge in [0.05, 0.1) is 11.5 Å². The molecule has 1 aromatic rings. The minimum atomic E-state index is -4.34. The fraction of sp³-hybridized carbons (Fsp3) is 0.588. The molecule has 0 aromatic heterocycles. The van der Waals surface area contributed by atoms with Gasteiger partial charge in [-0.2, -0.15) is 13.2 Å². The largest absolute Gasteiger partial charge is 0.481 e. The molecule has 23 heavy (non-hydrogen) atoms. The van der Waals surface area contributed by atoms with Gasteiger partial charge in [-0.15, -0.1) is 0 Å². The number of carbonyl (C=O) groups is 1. The third kappa shape index (κ3) is 4.96. The number of hydrogen-bond acceptors (Lipinski definition) is 2. The quantitative estimate of drug-likeness (QED) is 0.862. The lowest BCUT2D eigenvalue weighted by Crippen LogP contribution is -2.41. The van der Waals surface area contributed by atoms with Crippen LogP contribution in [0.25, 0.3) is 0 Å². The van der Waals surface area contributed by atoms with E-state index in [1.165, 1.54) is 12.1 Å². The Morgan fingerprint density at radius 3 is 2.43 bits per heavy atom. The Balaban J connectivity index is 1.91. The average Bonchev–Trinajstić information content (AvgIpc) is 2.47. The summed E-state index contributed by atoms with van der Waals surface area (Å²) in [6, 6.07) is 5.73. The van der Waals surface area contributed by atoms with E-state index < -0.39 is 17.7 Å². The predicted octanol–water partition coefficient (Wildman–Crippen LogP) is 3.87. The van der Waals surface area contributed by atoms with Gasteiger partial charge < -0.3 is 10.4 Å². The van der Waals surface area contributed by atoms with Crippen molar-refractivity contribution in [2.75, 3.05) is 0 Å². The Morgan fingerprint density at radius 2 is 1.87 bits per heavy atom. The van der Waals surface area contributed by atoms with Gasteiger partial charge in [0, 0.05) is 12.1 Å². The SMILES string of the molecule is CC(Cc1ccccc1C(F)(F)F)NC1CCC(C(=O)O)CC1. The molecule has 2 rings (SSSR count). The van der Waals surface area contributed by atoms with E-state index in [0.29, 0.717) is 24.8 Å². The summed E-state index contributed by atoms with van der Waals surface area (Å²) in [4.78, 5) is 10.9. The van der Waals surface area contributed by atoms with Gasteiger partial charge in [0.15, 0.2) is 0 Å². The molecule has 0 aliphatic heterocycles. The van der Waals surface area contributed by atoms with Crippen LogP contribution in [0.2, 0.25) is 0 Å². The van der Waals surface area contributed by atoms with Gasteiger partial charge in [0.25, 0.3) is 0 Å². The molecule has 3 nitrogen and oxygen atoms in total. The van der Waals surface area contributed by atoms with Crippen LogP contribution in [0.5, 0.6) is 0 Å². The molecule has 1 saturated carbocycles. The lowest BCUT2D eigenvalue weighted by Gasteiger charge is -2.30. The van der Waals surface area contributed by atoms with E-state index in [0.717, 1.165) is 18.9 Å². The second kappa shape index (κ2) is 7.34. The number of alkyl halides is 3. The van der Waals surface area contributed by atoms with Crippen molar-refractivity contribution in [1.29, 1.82) is 0 Å². The number of nitrogens with one attached hydrogen (secondary N) is 1. The number of hydrogen-bond donors (Lipinski definition) is 2. The van der Waals surface area contributed by atoms with Gasteiger partial charge in [0.2, 0.25) is 0 Å². The maximum Gasteiger partial charge on any atom is 0.416 e. The molecule has 1 atom stereocenters. The molecule has 1 fully saturated rings. The molecule has 0 saturated heterocycles. The van der Waals surface area contributed by atoms with Crippen molar-refractivity contribution in [3.63, 3.8) is 0 Å². The highest BCUT2D eigenvalue weighted by Gasteiger charge is 2.33. The van der Waals surface area contributed by atoms with Gasteiger partial charge in [-0.05, 0) is 50.7 Å². The fourth-order valence-corrected chi connectivity index (χ4v) is 3.27. The van der Waals surface area contributed by atoms with Crippen LogP contribution in [0.3, 0.4) is 0 Å². The third-order valence-corrected chi connectivity index (χ3v) is 4.45. The highest BCUT2D eigenvalue weighted by Crippen LogP contribution is 2.32. The summed E-state index contributed by atoms with van der Waals surface area (Å²) in [5.74, 6) is -1.04. The first kappa shape index (κ1) is 17.8. The molecule has 6 heteroatoms. The van der Waals surface area contributed by atoms with Crippen molar-refractivity contribution in [3.05, 3.63) is 35.4 Å². The summed E-state index contributed by atoms with van der Waals surface area (Å²) in [6.45, 7) is 1.87. The molecular weight excluding hydrogens is 307 g/mol. The van der Waals surface area contributed by atoms with Crippen molar-refractivity contribution in [2.24, 2.45) is 5.92 Å². The zero-order valence-corrected chi connectivity index (χ0v) is 13.1. The number of carboxylic acids is 1. The van der Waals surface area contributed by atoms with E-state index in [2.05, 4.69) is 5.32 Å². The topological polar surface area (TPSA) is 49.3 Å². The van der Waals surface area contributed by atoms with Gasteiger partial charge in [-0.1, -0.05) is 18.2 Å². The van der Waals surface area contributed by atoms with Crippen LogP contribution >= 0.6 is 0 Å². The molecule has 1 aliphatic rings. The highest BCUT2D eigenvalue weighted by molar-refractivity contribution is 5.70. The first-order valence-corrected chi connectivity index (χ1v) is 7.91. The molecule has 0 spiro atoms. The zero-order valence-electron chi connectivity index (χ0n) is 13.1. The number of benzene rings is 1. The van der Waals surface area contributed by atoms with Crippen LogP contribution in [-0.2, 0) is 17.4 Å². The Morgan fingerprint density at radius 1 is 1.26 bits per heavy atom. The number of carboxylic acid groups (broad SMARTS) is 1. The summed E-state index contributed by atoms with van der Waals surface area (Å²) in [5, 5.41) is 12.3. The Kier molecular flexibility index (Phi) is 5.68. The van der Waals surface area contributed by atoms with Crippen molar-refractivity contribution in [1.82, 2.24) is 5.32 Å². The van der Waals surface area contributed by atoms with Crippen molar-refractivity contribution >= 4 is 5.97 Å². The number of halogens is 3. The van der Waals surface area contributed by atoms with Crippen molar-refractivity contribution in [3.8, 4) is 0 Å². The van der Waals surface area contributed by atoms with Gasteiger partial charge >= 0.3 is 12.1 Å².